The van der Waals surface area contributed by atoms with Crippen molar-refractivity contribution in [3.63, 3.8) is 0 Å². The second kappa shape index (κ2) is 6.92. The predicted molar refractivity (Wildman–Crippen MR) is 75.5 cm³/mol. The van der Waals surface area contributed by atoms with Crippen LogP contribution in [-0.4, -0.2) is 15.2 Å². The van der Waals surface area contributed by atoms with Crippen molar-refractivity contribution < 1.29 is 4.21 Å². The van der Waals surface area contributed by atoms with Gasteiger partial charge in [-0.05, 0) is 30.9 Å². The molecule has 96 valence electrons. The molecule has 0 aliphatic carbocycles. The third-order valence-corrected chi connectivity index (χ3v) is 5.03. The van der Waals surface area contributed by atoms with Crippen LogP contribution in [0.25, 0.3) is 0 Å². The van der Waals surface area contributed by atoms with Gasteiger partial charge >= 0.3 is 0 Å². The maximum atomic E-state index is 11.9. The van der Waals surface area contributed by atoms with E-state index in [1.54, 1.807) is 0 Å². The molecular weight excluding hydrogens is 230 g/mol. The van der Waals surface area contributed by atoms with E-state index in [1.165, 1.54) is 5.56 Å². The van der Waals surface area contributed by atoms with E-state index >= 15 is 0 Å². The summed E-state index contributed by atoms with van der Waals surface area (Å²) in [4.78, 5) is 0. The molecule has 0 saturated carbocycles. The molecule has 0 saturated heterocycles. The molecule has 0 aliphatic rings. The Morgan fingerprint density at radius 1 is 1.24 bits per heavy atom. The van der Waals surface area contributed by atoms with E-state index < -0.39 is 10.8 Å². The fourth-order valence-electron chi connectivity index (χ4n) is 1.80. The highest BCUT2D eigenvalue weighted by Gasteiger charge is 2.19. The van der Waals surface area contributed by atoms with Crippen LogP contribution in [0.5, 0.6) is 0 Å². The molecule has 3 unspecified atom stereocenters. The van der Waals surface area contributed by atoms with Gasteiger partial charge in [0.15, 0.2) is 0 Å². The number of hydrogen-bond donors (Lipinski definition) is 1. The van der Waals surface area contributed by atoms with Gasteiger partial charge in [0.05, 0.1) is 5.25 Å². The van der Waals surface area contributed by atoms with Gasteiger partial charge in [0.2, 0.25) is 0 Å². The van der Waals surface area contributed by atoms with Gasteiger partial charge in [-0.1, -0.05) is 38.1 Å². The van der Waals surface area contributed by atoms with Crippen molar-refractivity contribution in [2.24, 2.45) is 5.73 Å². The van der Waals surface area contributed by atoms with Gasteiger partial charge in [0.1, 0.15) is 0 Å². The SMILES string of the molecule is CCCS(=O)C(C)C(N)c1ccc(CC)cc1. The summed E-state index contributed by atoms with van der Waals surface area (Å²) < 4.78 is 11.9. The Bertz CT molecular complexity index is 361. The van der Waals surface area contributed by atoms with Gasteiger partial charge in [-0.25, -0.2) is 0 Å². The number of benzene rings is 1. The molecule has 1 rings (SSSR count). The summed E-state index contributed by atoms with van der Waals surface area (Å²) >= 11 is 0. The van der Waals surface area contributed by atoms with Crippen molar-refractivity contribution in [3.05, 3.63) is 35.4 Å². The Morgan fingerprint density at radius 2 is 1.82 bits per heavy atom. The standard InChI is InChI=1S/C14H23NOS/c1-4-10-17(16)11(3)14(15)13-8-6-12(5-2)7-9-13/h6-9,11,14H,4-5,10,15H2,1-3H3. The van der Waals surface area contributed by atoms with Crippen molar-refractivity contribution in [2.75, 3.05) is 5.75 Å². The Labute approximate surface area is 107 Å². The third kappa shape index (κ3) is 3.93. The second-order valence-corrected chi connectivity index (χ2v) is 6.32. The average Bonchev–Trinajstić information content (AvgIpc) is 2.37. The lowest BCUT2D eigenvalue weighted by Crippen LogP contribution is -2.28. The van der Waals surface area contributed by atoms with E-state index in [2.05, 4.69) is 31.2 Å². The van der Waals surface area contributed by atoms with E-state index in [9.17, 15) is 4.21 Å². The lowest BCUT2D eigenvalue weighted by Gasteiger charge is -2.19. The molecule has 0 heterocycles. The van der Waals surface area contributed by atoms with Crippen molar-refractivity contribution in [3.8, 4) is 0 Å². The lowest BCUT2D eigenvalue weighted by atomic mass is 10.0. The highest BCUT2D eigenvalue weighted by Crippen LogP contribution is 2.19. The minimum Gasteiger partial charge on any atom is -0.323 e. The number of hydrogen-bond acceptors (Lipinski definition) is 2. The summed E-state index contributed by atoms with van der Waals surface area (Å²) in [6.07, 6.45) is 1.98. The molecule has 17 heavy (non-hydrogen) atoms. The van der Waals surface area contributed by atoms with Crippen molar-refractivity contribution >= 4 is 10.8 Å². The number of aryl methyl sites for hydroxylation is 1. The predicted octanol–water partition coefficient (Wildman–Crippen LogP) is 2.80. The lowest BCUT2D eigenvalue weighted by molar-refractivity contribution is 0.642. The minimum absolute atomic E-state index is 0.0161. The summed E-state index contributed by atoms with van der Waals surface area (Å²) in [6, 6.07) is 8.19. The fraction of sp³-hybridized carbons (Fsp3) is 0.571. The van der Waals surface area contributed by atoms with E-state index in [0.717, 1.165) is 24.2 Å². The van der Waals surface area contributed by atoms with Crippen LogP contribution in [0.1, 0.15) is 44.4 Å². The molecule has 0 aromatic heterocycles. The largest absolute Gasteiger partial charge is 0.323 e. The first-order chi connectivity index (χ1) is 8.10. The van der Waals surface area contributed by atoms with Crippen LogP contribution in [0.3, 0.4) is 0 Å². The topological polar surface area (TPSA) is 43.1 Å². The second-order valence-electron chi connectivity index (χ2n) is 4.41. The minimum atomic E-state index is -0.828. The van der Waals surface area contributed by atoms with Gasteiger partial charge in [0, 0.05) is 22.6 Å². The molecule has 3 heteroatoms. The monoisotopic (exact) mass is 253 g/mol. The van der Waals surface area contributed by atoms with Crippen LogP contribution >= 0.6 is 0 Å². The molecule has 0 radical (unpaired) electrons. The van der Waals surface area contributed by atoms with Crippen LogP contribution in [0.2, 0.25) is 0 Å². The summed E-state index contributed by atoms with van der Waals surface area (Å²) in [5.41, 5.74) is 8.56. The summed E-state index contributed by atoms with van der Waals surface area (Å²) in [5, 5.41) is 0.0161. The molecule has 0 bridgehead atoms. The highest BCUT2D eigenvalue weighted by atomic mass is 32.2. The number of rotatable bonds is 6. The molecule has 0 fully saturated rings. The van der Waals surface area contributed by atoms with Gasteiger partial charge < -0.3 is 5.73 Å². The molecule has 0 spiro atoms. The van der Waals surface area contributed by atoms with E-state index in [-0.39, 0.29) is 11.3 Å². The normalized spacial score (nSPS) is 16.5. The zero-order valence-electron chi connectivity index (χ0n) is 11.0. The van der Waals surface area contributed by atoms with Gasteiger partial charge in [-0.15, -0.1) is 0 Å². The van der Waals surface area contributed by atoms with Crippen LogP contribution in [0.15, 0.2) is 24.3 Å². The third-order valence-electron chi connectivity index (χ3n) is 3.10. The Morgan fingerprint density at radius 3 is 2.29 bits per heavy atom. The Hall–Kier alpha value is -0.670. The molecule has 1 aromatic carbocycles. The maximum absolute atomic E-state index is 11.9. The van der Waals surface area contributed by atoms with Gasteiger partial charge in [-0.2, -0.15) is 0 Å². The van der Waals surface area contributed by atoms with Gasteiger partial charge in [0.25, 0.3) is 0 Å². The molecule has 2 N–H and O–H groups in total. The van der Waals surface area contributed by atoms with Crippen LogP contribution in [0, 0.1) is 0 Å². The van der Waals surface area contributed by atoms with E-state index in [4.69, 9.17) is 5.73 Å². The zero-order chi connectivity index (χ0) is 12.8. The van der Waals surface area contributed by atoms with Gasteiger partial charge in [-0.3, -0.25) is 4.21 Å². The molecule has 0 aliphatic heterocycles. The zero-order valence-corrected chi connectivity index (χ0v) is 11.8. The van der Waals surface area contributed by atoms with Crippen molar-refractivity contribution in [1.29, 1.82) is 0 Å². The van der Waals surface area contributed by atoms with E-state index in [1.807, 2.05) is 13.8 Å². The summed E-state index contributed by atoms with van der Waals surface area (Å²) in [7, 11) is -0.828. The first-order valence-electron chi connectivity index (χ1n) is 6.31. The van der Waals surface area contributed by atoms with E-state index in [0.29, 0.717) is 0 Å². The maximum Gasteiger partial charge on any atom is 0.0512 e. The molecule has 1 aromatic rings. The molecular formula is C14H23NOS. The highest BCUT2D eigenvalue weighted by molar-refractivity contribution is 7.85. The quantitative estimate of drug-likeness (QED) is 0.847. The van der Waals surface area contributed by atoms with Crippen LogP contribution in [-0.2, 0) is 17.2 Å². The van der Waals surface area contributed by atoms with Crippen LogP contribution in [0.4, 0.5) is 0 Å². The number of nitrogens with two attached hydrogens (primary N) is 1. The Balaban J connectivity index is 2.73. The fourth-order valence-corrected chi connectivity index (χ4v) is 3.06. The molecule has 0 amide bonds. The van der Waals surface area contributed by atoms with Crippen molar-refractivity contribution in [2.45, 2.75) is 44.9 Å². The van der Waals surface area contributed by atoms with Crippen molar-refractivity contribution in [1.82, 2.24) is 0 Å². The summed E-state index contributed by atoms with van der Waals surface area (Å²) in [5.74, 6) is 0.738. The summed E-state index contributed by atoms with van der Waals surface area (Å²) in [6.45, 7) is 6.16. The molecule has 3 atom stereocenters. The smallest absolute Gasteiger partial charge is 0.0512 e. The van der Waals surface area contributed by atoms with Crippen LogP contribution < -0.4 is 5.73 Å². The molecule has 2 nitrogen and oxygen atoms in total. The Kier molecular flexibility index (Phi) is 5.86. The first kappa shape index (κ1) is 14.4. The average molecular weight is 253 g/mol. The first-order valence-corrected chi connectivity index (χ1v) is 7.69.